The number of halogens is 2. The molecule has 0 spiro atoms. The van der Waals surface area contributed by atoms with Crippen LogP contribution in [0.5, 0.6) is 0 Å². The van der Waals surface area contributed by atoms with Gasteiger partial charge >= 0.3 is 12.0 Å². The Labute approximate surface area is 143 Å². The molecule has 23 heavy (non-hydrogen) atoms. The number of ether oxygens (including phenoxy) is 2. The minimum Gasteiger partial charge on any atom is -0.460 e. The predicted octanol–water partition coefficient (Wildman–Crippen LogP) is 2.81. The number of hydrogen-bond donors (Lipinski definition) is 2. The molecular weight excluding hydrogens is 343 g/mol. The van der Waals surface area contributed by atoms with Gasteiger partial charge in [0, 0.05) is 12.8 Å². The number of amides is 2. The Balaban J connectivity index is 2.38. The van der Waals surface area contributed by atoms with E-state index in [-0.39, 0.29) is 23.8 Å². The fraction of sp³-hybridized carbons (Fsp3) is 0.333. The van der Waals surface area contributed by atoms with Crippen molar-refractivity contribution in [2.75, 3.05) is 20.3 Å². The van der Waals surface area contributed by atoms with Crippen LogP contribution in [0.15, 0.2) is 29.5 Å². The van der Waals surface area contributed by atoms with Crippen molar-refractivity contribution < 1.29 is 19.1 Å². The first-order chi connectivity index (χ1) is 11.0. The Bertz CT molecular complexity index is 661. The van der Waals surface area contributed by atoms with Gasteiger partial charge in [0.2, 0.25) is 0 Å². The van der Waals surface area contributed by atoms with E-state index < -0.39 is 18.0 Å². The van der Waals surface area contributed by atoms with Crippen LogP contribution in [0, 0.1) is 0 Å². The van der Waals surface area contributed by atoms with E-state index >= 15 is 0 Å². The molecule has 0 aromatic heterocycles. The molecule has 0 fully saturated rings. The number of benzene rings is 1. The predicted molar refractivity (Wildman–Crippen MR) is 86.4 cm³/mol. The van der Waals surface area contributed by atoms with Gasteiger partial charge in [0.1, 0.15) is 6.61 Å². The van der Waals surface area contributed by atoms with Crippen molar-refractivity contribution in [2.24, 2.45) is 0 Å². The molecule has 1 aliphatic heterocycles. The zero-order chi connectivity index (χ0) is 17.0. The van der Waals surface area contributed by atoms with Crippen LogP contribution in [-0.4, -0.2) is 32.3 Å². The number of allylic oxidation sites excluding steroid dienone is 1. The normalized spacial score (nSPS) is 17.6. The lowest BCUT2D eigenvalue weighted by Gasteiger charge is -2.28. The number of rotatable bonds is 5. The zero-order valence-corrected chi connectivity index (χ0v) is 14.1. The third-order valence-corrected chi connectivity index (χ3v) is 4.14. The van der Waals surface area contributed by atoms with Crippen LogP contribution in [0.3, 0.4) is 0 Å². The van der Waals surface area contributed by atoms with Crippen LogP contribution in [0.25, 0.3) is 0 Å². The van der Waals surface area contributed by atoms with Gasteiger partial charge in [-0.05, 0) is 18.6 Å². The Morgan fingerprint density at radius 1 is 1.30 bits per heavy atom. The van der Waals surface area contributed by atoms with Crippen LogP contribution >= 0.6 is 23.2 Å². The van der Waals surface area contributed by atoms with E-state index in [1.807, 2.05) is 0 Å². The summed E-state index contributed by atoms with van der Waals surface area (Å²) in [5, 5.41) is 5.83. The molecule has 0 aliphatic carbocycles. The van der Waals surface area contributed by atoms with Gasteiger partial charge in [-0.2, -0.15) is 0 Å². The number of urea groups is 1. The van der Waals surface area contributed by atoms with Gasteiger partial charge in [0.25, 0.3) is 0 Å². The standard InChI is InChI=1S/C15H16Cl2N2O4/c1-8-11(14(20)23-7-6-22-2)13(19-15(21)18-8)9-4-3-5-10(16)12(9)17/h3-5,13H,6-7H2,1-2H3,(H2,18,19,21)/t13-/m0/s1. The summed E-state index contributed by atoms with van der Waals surface area (Å²) in [4.78, 5) is 24.1. The van der Waals surface area contributed by atoms with Crippen LogP contribution in [-0.2, 0) is 14.3 Å². The average Bonchev–Trinajstić information content (AvgIpc) is 2.49. The molecule has 6 nitrogen and oxygen atoms in total. The first kappa shape index (κ1) is 17.6. The molecule has 1 aromatic rings. The zero-order valence-electron chi connectivity index (χ0n) is 12.6. The maximum absolute atomic E-state index is 12.4. The van der Waals surface area contributed by atoms with E-state index in [9.17, 15) is 9.59 Å². The lowest BCUT2D eigenvalue weighted by Crippen LogP contribution is -2.45. The molecule has 0 radical (unpaired) electrons. The van der Waals surface area contributed by atoms with Gasteiger partial charge in [-0.1, -0.05) is 35.3 Å². The molecule has 1 aliphatic rings. The largest absolute Gasteiger partial charge is 0.460 e. The maximum atomic E-state index is 12.4. The maximum Gasteiger partial charge on any atom is 0.338 e. The fourth-order valence-corrected chi connectivity index (χ4v) is 2.65. The summed E-state index contributed by atoms with van der Waals surface area (Å²) in [6.07, 6.45) is 0. The number of nitrogens with one attached hydrogen (secondary N) is 2. The second-order valence-electron chi connectivity index (χ2n) is 4.84. The molecule has 2 amide bonds. The summed E-state index contributed by atoms with van der Waals surface area (Å²) in [6.45, 7) is 2.01. The average molecular weight is 359 g/mol. The first-order valence-corrected chi connectivity index (χ1v) is 7.59. The summed E-state index contributed by atoms with van der Waals surface area (Å²) < 4.78 is 10.0. The smallest absolute Gasteiger partial charge is 0.338 e. The number of hydrogen-bond acceptors (Lipinski definition) is 4. The molecule has 0 saturated carbocycles. The Morgan fingerprint density at radius 3 is 2.74 bits per heavy atom. The van der Waals surface area contributed by atoms with Crippen molar-refractivity contribution in [1.29, 1.82) is 0 Å². The second-order valence-corrected chi connectivity index (χ2v) is 5.63. The quantitative estimate of drug-likeness (QED) is 0.626. The monoisotopic (exact) mass is 358 g/mol. The van der Waals surface area contributed by atoms with Crippen molar-refractivity contribution >= 4 is 35.2 Å². The highest BCUT2D eigenvalue weighted by molar-refractivity contribution is 6.42. The van der Waals surface area contributed by atoms with E-state index in [2.05, 4.69) is 10.6 Å². The van der Waals surface area contributed by atoms with Crippen molar-refractivity contribution in [3.05, 3.63) is 45.1 Å². The molecule has 1 heterocycles. The molecule has 0 saturated heterocycles. The topological polar surface area (TPSA) is 76.7 Å². The lowest BCUT2D eigenvalue weighted by atomic mass is 9.95. The third kappa shape index (κ3) is 3.96. The van der Waals surface area contributed by atoms with Gasteiger partial charge in [-0.3, -0.25) is 0 Å². The summed E-state index contributed by atoms with van der Waals surface area (Å²) in [7, 11) is 1.51. The first-order valence-electron chi connectivity index (χ1n) is 6.84. The molecule has 2 N–H and O–H groups in total. The molecule has 2 rings (SSSR count). The SMILES string of the molecule is COCCOC(=O)C1=C(C)NC(=O)N[C@H]1c1cccc(Cl)c1Cl. The Morgan fingerprint density at radius 2 is 2.04 bits per heavy atom. The number of methoxy groups -OCH3 is 1. The molecule has 0 bridgehead atoms. The van der Waals surface area contributed by atoms with Crippen molar-refractivity contribution in [1.82, 2.24) is 10.6 Å². The van der Waals surface area contributed by atoms with Crippen LogP contribution in [0.4, 0.5) is 4.79 Å². The summed E-state index contributed by atoms with van der Waals surface area (Å²) >= 11 is 12.2. The molecule has 124 valence electrons. The Hall–Kier alpha value is -1.76. The summed E-state index contributed by atoms with van der Waals surface area (Å²) in [5.41, 5.74) is 1.19. The summed E-state index contributed by atoms with van der Waals surface area (Å²) in [6, 6.07) is 3.84. The lowest BCUT2D eigenvalue weighted by molar-refractivity contribution is -0.140. The van der Waals surface area contributed by atoms with E-state index in [1.165, 1.54) is 7.11 Å². The van der Waals surface area contributed by atoms with Gasteiger partial charge < -0.3 is 20.1 Å². The Kier molecular flexibility index (Phi) is 5.87. The minimum absolute atomic E-state index is 0.107. The van der Waals surface area contributed by atoms with Crippen LogP contribution < -0.4 is 10.6 Å². The van der Waals surface area contributed by atoms with Gasteiger partial charge in [0.15, 0.2) is 0 Å². The van der Waals surface area contributed by atoms with E-state index in [0.29, 0.717) is 16.3 Å². The van der Waals surface area contributed by atoms with Crippen molar-refractivity contribution in [3.63, 3.8) is 0 Å². The fourth-order valence-electron chi connectivity index (χ4n) is 2.24. The number of carbonyl (C=O) groups excluding carboxylic acids is 2. The van der Waals surface area contributed by atoms with Crippen molar-refractivity contribution in [3.8, 4) is 0 Å². The van der Waals surface area contributed by atoms with E-state index in [0.717, 1.165) is 0 Å². The van der Waals surface area contributed by atoms with E-state index in [4.69, 9.17) is 32.7 Å². The highest BCUT2D eigenvalue weighted by atomic mass is 35.5. The number of carbonyl (C=O) groups is 2. The minimum atomic E-state index is -0.745. The van der Waals surface area contributed by atoms with E-state index in [1.54, 1.807) is 25.1 Å². The molecule has 1 atom stereocenters. The third-order valence-electron chi connectivity index (χ3n) is 3.30. The molecule has 1 aromatic carbocycles. The van der Waals surface area contributed by atoms with Crippen LogP contribution in [0.2, 0.25) is 10.0 Å². The second kappa shape index (κ2) is 7.68. The highest BCUT2D eigenvalue weighted by Crippen LogP contribution is 2.35. The molecule has 8 heteroatoms. The highest BCUT2D eigenvalue weighted by Gasteiger charge is 2.33. The molecular formula is C15H16Cl2N2O4. The number of esters is 1. The summed E-state index contributed by atoms with van der Waals surface area (Å²) in [5.74, 6) is -0.562. The van der Waals surface area contributed by atoms with Gasteiger partial charge in [-0.25, -0.2) is 9.59 Å². The molecule has 0 unspecified atom stereocenters. The van der Waals surface area contributed by atoms with Gasteiger partial charge in [0.05, 0.1) is 28.3 Å². The van der Waals surface area contributed by atoms with Gasteiger partial charge in [-0.15, -0.1) is 0 Å². The van der Waals surface area contributed by atoms with Crippen molar-refractivity contribution in [2.45, 2.75) is 13.0 Å². The van der Waals surface area contributed by atoms with Crippen LogP contribution in [0.1, 0.15) is 18.5 Å².